The SMILES string of the molecule is NC(=O)c1ccccc1NC(=O)CC(c1ccccc1)C(F)(F)F. The Balaban J connectivity index is 2.19. The van der Waals surface area contributed by atoms with Crippen molar-refractivity contribution >= 4 is 17.5 Å². The zero-order chi connectivity index (χ0) is 17.7. The lowest BCUT2D eigenvalue weighted by atomic mass is 9.94. The molecule has 4 nitrogen and oxygen atoms in total. The van der Waals surface area contributed by atoms with E-state index in [1.54, 1.807) is 12.1 Å². The molecule has 0 aliphatic rings. The van der Waals surface area contributed by atoms with Crippen molar-refractivity contribution in [3.63, 3.8) is 0 Å². The van der Waals surface area contributed by atoms with Crippen molar-refractivity contribution in [1.29, 1.82) is 0 Å². The van der Waals surface area contributed by atoms with Crippen LogP contribution in [0.3, 0.4) is 0 Å². The van der Waals surface area contributed by atoms with Gasteiger partial charge in [0.05, 0.1) is 17.2 Å². The first-order chi connectivity index (χ1) is 11.3. The Morgan fingerprint density at radius 2 is 1.58 bits per heavy atom. The van der Waals surface area contributed by atoms with Crippen molar-refractivity contribution in [2.24, 2.45) is 5.73 Å². The van der Waals surface area contributed by atoms with Gasteiger partial charge >= 0.3 is 6.18 Å². The molecule has 0 aromatic heterocycles. The van der Waals surface area contributed by atoms with E-state index in [2.05, 4.69) is 5.32 Å². The molecule has 1 unspecified atom stereocenters. The summed E-state index contributed by atoms with van der Waals surface area (Å²) < 4.78 is 39.8. The number of rotatable bonds is 5. The van der Waals surface area contributed by atoms with E-state index in [-0.39, 0.29) is 16.8 Å². The molecule has 0 aliphatic carbocycles. The van der Waals surface area contributed by atoms with Crippen LogP contribution in [0.5, 0.6) is 0 Å². The number of anilines is 1. The van der Waals surface area contributed by atoms with E-state index in [1.807, 2.05) is 0 Å². The maximum atomic E-state index is 13.3. The number of benzene rings is 2. The molecule has 0 radical (unpaired) electrons. The van der Waals surface area contributed by atoms with Gasteiger partial charge in [0.2, 0.25) is 5.91 Å². The topological polar surface area (TPSA) is 72.2 Å². The molecule has 2 rings (SSSR count). The third-order valence-corrected chi connectivity index (χ3v) is 3.45. The number of alkyl halides is 3. The fourth-order valence-corrected chi connectivity index (χ4v) is 2.30. The highest BCUT2D eigenvalue weighted by Crippen LogP contribution is 2.37. The Hall–Kier alpha value is -2.83. The maximum absolute atomic E-state index is 13.3. The number of hydrogen-bond donors (Lipinski definition) is 2. The summed E-state index contributed by atoms with van der Waals surface area (Å²) in [7, 11) is 0. The highest BCUT2D eigenvalue weighted by Gasteiger charge is 2.41. The van der Waals surface area contributed by atoms with Gasteiger partial charge in [-0.25, -0.2) is 0 Å². The second-order valence-electron chi connectivity index (χ2n) is 5.17. The predicted molar refractivity (Wildman–Crippen MR) is 83.4 cm³/mol. The molecule has 0 saturated carbocycles. The molecule has 0 saturated heterocycles. The number of halogens is 3. The molecule has 2 aromatic rings. The van der Waals surface area contributed by atoms with Gasteiger partial charge < -0.3 is 11.1 Å². The Kier molecular flexibility index (Phi) is 5.23. The molecule has 7 heteroatoms. The lowest BCUT2D eigenvalue weighted by Crippen LogP contribution is -2.27. The summed E-state index contributed by atoms with van der Waals surface area (Å²) in [4.78, 5) is 23.4. The van der Waals surface area contributed by atoms with E-state index in [4.69, 9.17) is 5.73 Å². The molecule has 0 bridgehead atoms. The summed E-state index contributed by atoms with van der Waals surface area (Å²) in [6, 6.07) is 13.1. The Bertz CT molecular complexity index is 730. The lowest BCUT2D eigenvalue weighted by Gasteiger charge is -2.20. The van der Waals surface area contributed by atoms with Gasteiger partial charge in [-0.2, -0.15) is 13.2 Å². The smallest absolute Gasteiger partial charge is 0.366 e. The van der Waals surface area contributed by atoms with Crippen molar-refractivity contribution in [3.8, 4) is 0 Å². The van der Waals surface area contributed by atoms with Crippen LogP contribution in [0.1, 0.15) is 28.3 Å². The number of carbonyl (C=O) groups is 2. The van der Waals surface area contributed by atoms with Gasteiger partial charge in [0.15, 0.2) is 0 Å². The summed E-state index contributed by atoms with van der Waals surface area (Å²) >= 11 is 0. The van der Waals surface area contributed by atoms with Crippen molar-refractivity contribution in [3.05, 3.63) is 65.7 Å². The maximum Gasteiger partial charge on any atom is 0.396 e. The van der Waals surface area contributed by atoms with Gasteiger partial charge in [0.1, 0.15) is 0 Å². The molecule has 1 atom stereocenters. The first kappa shape index (κ1) is 17.5. The summed E-state index contributed by atoms with van der Waals surface area (Å²) in [5.74, 6) is -3.56. The fourth-order valence-electron chi connectivity index (χ4n) is 2.30. The summed E-state index contributed by atoms with van der Waals surface area (Å²) in [5.41, 5.74) is 5.31. The van der Waals surface area contributed by atoms with Crippen LogP contribution in [-0.2, 0) is 4.79 Å². The second-order valence-corrected chi connectivity index (χ2v) is 5.17. The van der Waals surface area contributed by atoms with Gasteiger partial charge in [0, 0.05) is 6.42 Å². The van der Waals surface area contributed by atoms with Crippen LogP contribution in [0, 0.1) is 0 Å². The van der Waals surface area contributed by atoms with E-state index in [0.29, 0.717) is 0 Å². The van der Waals surface area contributed by atoms with Crippen LogP contribution in [0.4, 0.5) is 18.9 Å². The standard InChI is InChI=1S/C17H15F3N2O2/c18-17(19,20)13(11-6-2-1-3-7-11)10-15(23)22-14-9-5-4-8-12(14)16(21)24/h1-9,13H,10H2,(H2,21,24)(H,22,23). The molecule has 0 heterocycles. The van der Waals surface area contributed by atoms with Gasteiger partial charge in [-0.1, -0.05) is 42.5 Å². The van der Waals surface area contributed by atoms with Crippen LogP contribution in [-0.4, -0.2) is 18.0 Å². The first-order valence-corrected chi connectivity index (χ1v) is 7.09. The van der Waals surface area contributed by atoms with Gasteiger partial charge in [-0.3, -0.25) is 9.59 Å². The zero-order valence-electron chi connectivity index (χ0n) is 12.5. The minimum atomic E-state index is -4.57. The average Bonchev–Trinajstić information content (AvgIpc) is 2.52. The van der Waals surface area contributed by atoms with Crippen LogP contribution >= 0.6 is 0 Å². The first-order valence-electron chi connectivity index (χ1n) is 7.09. The van der Waals surface area contributed by atoms with Crippen molar-refractivity contribution < 1.29 is 22.8 Å². The molecule has 0 spiro atoms. The average molecular weight is 336 g/mol. The van der Waals surface area contributed by atoms with Gasteiger partial charge in [-0.15, -0.1) is 0 Å². The number of primary amides is 1. The largest absolute Gasteiger partial charge is 0.396 e. The van der Waals surface area contributed by atoms with E-state index in [0.717, 1.165) is 0 Å². The number of hydrogen-bond acceptors (Lipinski definition) is 2. The van der Waals surface area contributed by atoms with Crippen LogP contribution < -0.4 is 11.1 Å². The minimum absolute atomic E-state index is 0.00309. The van der Waals surface area contributed by atoms with E-state index >= 15 is 0 Å². The monoisotopic (exact) mass is 336 g/mol. The number of carbonyl (C=O) groups excluding carboxylic acids is 2. The van der Waals surface area contributed by atoms with Gasteiger partial charge in [-0.05, 0) is 17.7 Å². The van der Waals surface area contributed by atoms with Crippen molar-refractivity contribution in [2.75, 3.05) is 5.32 Å². The van der Waals surface area contributed by atoms with Gasteiger partial charge in [0.25, 0.3) is 5.91 Å². The third kappa shape index (κ3) is 4.34. The number of para-hydroxylation sites is 1. The molecule has 126 valence electrons. The summed E-state index contributed by atoms with van der Waals surface area (Å²) in [5, 5.41) is 2.32. The Morgan fingerprint density at radius 3 is 2.17 bits per heavy atom. The van der Waals surface area contributed by atoms with E-state index < -0.39 is 30.3 Å². The molecule has 3 N–H and O–H groups in total. The van der Waals surface area contributed by atoms with Crippen LogP contribution in [0.25, 0.3) is 0 Å². The molecule has 0 fully saturated rings. The molecular weight excluding hydrogens is 321 g/mol. The third-order valence-electron chi connectivity index (χ3n) is 3.45. The normalized spacial score (nSPS) is 12.5. The molecule has 2 amide bonds. The van der Waals surface area contributed by atoms with Crippen LogP contribution in [0.2, 0.25) is 0 Å². The molecule has 2 aromatic carbocycles. The Morgan fingerprint density at radius 1 is 1.00 bits per heavy atom. The van der Waals surface area contributed by atoms with E-state index in [9.17, 15) is 22.8 Å². The number of nitrogens with two attached hydrogens (primary N) is 1. The van der Waals surface area contributed by atoms with E-state index in [1.165, 1.54) is 42.5 Å². The predicted octanol–water partition coefficient (Wildman–Crippen LogP) is 3.46. The summed E-state index contributed by atoms with van der Waals surface area (Å²) in [6.07, 6.45) is -5.36. The molecule has 0 aliphatic heterocycles. The lowest BCUT2D eigenvalue weighted by molar-refractivity contribution is -0.155. The number of amides is 2. The second kappa shape index (κ2) is 7.16. The highest BCUT2D eigenvalue weighted by atomic mass is 19.4. The summed E-state index contributed by atoms with van der Waals surface area (Å²) in [6.45, 7) is 0. The van der Waals surface area contributed by atoms with Crippen molar-refractivity contribution in [1.82, 2.24) is 0 Å². The quantitative estimate of drug-likeness (QED) is 0.878. The van der Waals surface area contributed by atoms with Crippen LogP contribution in [0.15, 0.2) is 54.6 Å². The zero-order valence-corrected chi connectivity index (χ0v) is 12.5. The minimum Gasteiger partial charge on any atom is -0.366 e. The molecular formula is C17H15F3N2O2. The highest BCUT2D eigenvalue weighted by molar-refractivity contribution is 6.03. The van der Waals surface area contributed by atoms with Crippen molar-refractivity contribution in [2.45, 2.75) is 18.5 Å². The Labute approximate surface area is 136 Å². The fraction of sp³-hybridized carbons (Fsp3) is 0.176. The number of nitrogens with one attached hydrogen (secondary N) is 1. The molecule has 24 heavy (non-hydrogen) atoms.